The quantitative estimate of drug-likeness (QED) is 0.445. The van der Waals surface area contributed by atoms with E-state index in [1.54, 1.807) is 12.1 Å². The standard InChI is InChI=1S/C27H28O7S/c1-19-12-14-22(15-13-19)35(28,29)34-24-16-23-25(18-31-26(32-23)21-10-6-3-7-11-21)33-27(24)30-17-20-8-4-2-5-9-20/h2-15,23-27H,16-18H2,1H3/t23-,24-,25+,26?,27-/m0/s1. The van der Waals surface area contributed by atoms with E-state index in [2.05, 4.69) is 0 Å². The molecule has 184 valence electrons. The first-order valence-corrected chi connectivity index (χ1v) is 13.0. The Bertz CT molecular complexity index is 1200. The normalized spacial score (nSPS) is 26.7. The van der Waals surface area contributed by atoms with Crippen LogP contribution in [0.15, 0.2) is 89.8 Å². The predicted octanol–water partition coefficient (Wildman–Crippen LogP) is 4.51. The third-order valence-corrected chi connectivity index (χ3v) is 7.44. The van der Waals surface area contributed by atoms with Gasteiger partial charge in [0, 0.05) is 12.0 Å². The van der Waals surface area contributed by atoms with Gasteiger partial charge in [0.2, 0.25) is 0 Å². The number of ether oxygens (including phenoxy) is 4. The summed E-state index contributed by atoms with van der Waals surface area (Å²) in [6.07, 6.45) is -2.89. The van der Waals surface area contributed by atoms with Crippen molar-refractivity contribution in [3.63, 3.8) is 0 Å². The molecule has 0 N–H and O–H groups in total. The molecule has 2 aliphatic heterocycles. The summed E-state index contributed by atoms with van der Waals surface area (Å²) in [7, 11) is -4.04. The number of hydrogen-bond donors (Lipinski definition) is 0. The van der Waals surface area contributed by atoms with Gasteiger partial charge in [-0.25, -0.2) is 0 Å². The highest BCUT2D eigenvalue weighted by molar-refractivity contribution is 7.86. The molecule has 0 saturated carbocycles. The molecule has 3 aromatic carbocycles. The van der Waals surface area contributed by atoms with Crippen LogP contribution in [0, 0.1) is 6.92 Å². The molecule has 1 unspecified atom stereocenters. The number of aryl methyl sites for hydroxylation is 1. The Balaban J connectivity index is 1.34. The van der Waals surface area contributed by atoms with E-state index >= 15 is 0 Å². The van der Waals surface area contributed by atoms with Gasteiger partial charge in [-0.15, -0.1) is 0 Å². The molecule has 8 heteroatoms. The zero-order chi connectivity index (χ0) is 24.3. The fraction of sp³-hybridized carbons (Fsp3) is 0.333. The molecular formula is C27H28O7S. The summed E-state index contributed by atoms with van der Waals surface area (Å²) in [5, 5.41) is 0. The molecule has 5 rings (SSSR count). The average Bonchev–Trinajstić information content (AvgIpc) is 2.88. The monoisotopic (exact) mass is 496 g/mol. The molecule has 0 radical (unpaired) electrons. The second kappa shape index (κ2) is 10.6. The maximum atomic E-state index is 13.1. The Morgan fingerprint density at radius 2 is 1.54 bits per heavy atom. The molecule has 2 aliphatic rings. The highest BCUT2D eigenvalue weighted by Gasteiger charge is 2.46. The highest BCUT2D eigenvalue weighted by Crippen LogP contribution is 2.36. The van der Waals surface area contributed by atoms with Crippen LogP contribution in [-0.4, -0.2) is 39.6 Å². The van der Waals surface area contributed by atoms with Crippen LogP contribution in [0.2, 0.25) is 0 Å². The Labute approximate surface area is 205 Å². The van der Waals surface area contributed by atoms with Crippen molar-refractivity contribution >= 4 is 10.1 Å². The summed E-state index contributed by atoms with van der Waals surface area (Å²) in [4.78, 5) is 0.0853. The van der Waals surface area contributed by atoms with Crippen LogP contribution in [0.4, 0.5) is 0 Å². The summed E-state index contributed by atoms with van der Waals surface area (Å²) in [5.74, 6) is 0. The molecule has 2 heterocycles. The van der Waals surface area contributed by atoms with E-state index in [9.17, 15) is 8.42 Å². The van der Waals surface area contributed by atoms with Crippen molar-refractivity contribution in [2.75, 3.05) is 6.61 Å². The zero-order valence-corrected chi connectivity index (χ0v) is 20.2. The van der Waals surface area contributed by atoms with Gasteiger partial charge in [0.1, 0.15) is 12.2 Å². The lowest BCUT2D eigenvalue weighted by Crippen LogP contribution is -2.54. The number of hydrogen-bond acceptors (Lipinski definition) is 7. The summed E-state index contributed by atoms with van der Waals surface area (Å²) in [5.41, 5.74) is 2.79. The first kappa shape index (κ1) is 24.1. The molecule has 2 fully saturated rings. The van der Waals surface area contributed by atoms with Crippen molar-refractivity contribution in [3.05, 3.63) is 102 Å². The SMILES string of the molecule is Cc1ccc(S(=O)(=O)O[C@H]2C[C@@H]3OC(c4ccccc4)OC[C@H]3O[C@@H]2OCc2ccccc2)cc1. The molecule has 2 saturated heterocycles. The average molecular weight is 497 g/mol. The molecule has 35 heavy (non-hydrogen) atoms. The van der Waals surface area contributed by atoms with E-state index in [0.717, 1.165) is 16.7 Å². The number of fused-ring (bicyclic) bond motifs is 1. The third kappa shape index (κ3) is 5.81. The molecule has 0 bridgehead atoms. The number of rotatable bonds is 7. The van der Waals surface area contributed by atoms with Crippen molar-refractivity contribution in [1.82, 2.24) is 0 Å². The van der Waals surface area contributed by atoms with E-state index in [1.807, 2.05) is 67.6 Å². The summed E-state index contributed by atoms with van der Waals surface area (Å²) in [6, 6.07) is 25.8. The molecule has 7 nitrogen and oxygen atoms in total. The topological polar surface area (TPSA) is 80.3 Å². The van der Waals surface area contributed by atoms with Gasteiger partial charge in [-0.2, -0.15) is 8.42 Å². The first-order valence-electron chi connectivity index (χ1n) is 11.6. The van der Waals surface area contributed by atoms with Gasteiger partial charge in [0.25, 0.3) is 10.1 Å². The van der Waals surface area contributed by atoms with Crippen LogP contribution in [-0.2, 0) is 39.9 Å². The van der Waals surface area contributed by atoms with Crippen molar-refractivity contribution in [2.24, 2.45) is 0 Å². The first-order chi connectivity index (χ1) is 17.0. The lowest BCUT2D eigenvalue weighted by molar-refractivity contribution is -0.335. The van der Waals surface area contributed by atoms with E-state index < -0.39 is 41.0 Å². The molecule has 5 atom stereocenters. The maximum Gasteiger partial charge on any atom is 0.297 e. The Morgan fingerprint density at radius 3 is 2.26 bits per heavy atom. The van der Waals surface area contributed by atoms with Crippen molar-refractivity contribution in [1.29, 1.82) is 0 Å². The van der Waals surface area contributed by atoms with Crippen LogP contribution < -0.4 is 0 Å². The van der Waals surface area contributed by atoms with Gasteiger partial charge in [-0.3, -0.25) is 4.18 Å². The van der Waals surface area contributed by atoms with E-state index in [1.165, 1.54) is 12.1 Å². The molecule has 0 aromatic heterocycles. The molecule has 3 aromatic rings. The maximum absolute atomic E-state index is 13.1. The third-order valence-electron chi connectivity index (χ3n) is 6.09. The van der Waals surface area contributed by atoms with Crippen LogP contribution in [0.5, 0.6) is 0 Å². The summed E-state index contributed by atoms with van der Waals surface area (Å²) >= 11 is 0. The molecular weight excluding hydrogens is 468 g/mol. The Hall–Kier alpha value is -2.59. The van der Waals surface area contributed by atoms with Gasteiger partial charge >= 0.3 is 0 Å². The van der Waals surface area contributed by atoms with Crippen LogP contribution in [0.25, 0.3) is 0 Å². The van der Waals surface area contributed by atoms with E-state index in [-0.39, 0.29) is 17.9 Å². The van der Waals surface area contributed by atoms with Gasteiger partial charge < -0.3 is 18.9 Å². The van der Waals surface area contributed by atoms with Crippen LogP contribution in [0.1, 0.15) is 29.4 Å². The predicted molar refractivity (Wildman–Crippen MR) is 128 cm³/mol. The molecule has 0 spiro atoms. The van der Waals surface area contributed by atoms with Gasteiger partial charge in [0.05, 0.1) is 24.2 Å². The van der Waals surface area contributed by atoms with Gasteiger partial charge in [0.15, 0.2) is 12.6 Å². The van der Waals surface area contributed by atoms with E-state index in [0.29, 0.717) is 6.61 Å². The number of benzene rings is 3. The van der Waals surface area contributed by atoms with Crippen LogP contribution in [0.3, 0.4) is 0 Å². The minimum absolute atomic E-state index is 0.0853. The largest absolute Gasteiger partial charge is 0.346 e. The van der Waals surface area contributed by atoms with Gasteiger partial charge in [-0.1, -0.05) is 78.4 Å². The molecule has 0 aliphatic carbocycles. The Kier molecular flexibility index (Phi) is 7.29. The van der Waals surface area contributed by atoms with Gasteiger partial charge in [-0.05, 0) is 24.6 Å². The van der Waals surface area contributed by atoms with Crippen molar-refractivity contribution in [2.45, 2.75) is 55.7 Å². The smallest absolute Gasteiger partial charge is 0.297 e. The zero-order valence-electron chi connectivity index (χ0n) is 19.4. The fourth-order valence-corrected chi connectivity index (χ4v) is 5.28. The minimum Gasteiger partial charge on any atom is -0.346 e. The lowest BCUT2D eigenvalue weighted by Gasteiger charge is -2.44. The lowest BCUT2D eigenvalue weighted by atomic mass is 10.0. The second-order valence-corrected chi connectivity index (χ2v) is 10.3. The highest BCUT2D eigenvalue weighted by atomic mass is 32.2. The fourth-order valence-electron chi connectivity index (χ4n) is 4.20. The van der Waals surface area contributed by atoms with E-state index in [4.69, 9.17) is 23.1 Å². The van der Waals surface area contributed by atoms with Crippen LogP contribution >= 0.6 is 0 Å². The van der Waals surface area contributed by atoms with Crippen molar-refractivity contribution in [3.8, 4) is 0 Å². The summed E-state index contributed by atoms with van der Waals surface area (Å²) in [6.45, 7) is 2.44. The molecule has 0 amide bonds. The Morgan fingerprint density at radius 1 is 0.857 bits per heavy atom. The summed E-state index contributed by atoms with van der Waals surface area (Å²) < 4.78 is 56.1. The minimum atomic E-state index is -4.04. The second-order valence-electron chi connectivity index (χ2n) is 8.73. The van der Waals surface area contributed by atoms with Crippen molar-refractivity contribution < 1.29 is 31.5 Å².